The van der Waals surface area contributed by atoms with E-state index in [4.69, 9.17) is 23.2 Å². The molecule has 0 bridgehead atoms. The molecule has 0 aromatic heterocycles. The van der Waals surface area contributed by atoms with Crippen LogP contribution in [0.2, 0.25) is 10.0 Å². The third kappa shape index (κ3) is 4.31. The molecule has 1 heterocycles. The number of carbonyl (C=O) groups is 1. The van der Waals surface area contributed by atoms with Crippen LogP contribution in [-0.4, -0.2) is 30.2 Å². The zero-order valence-corrected chi connectivity index (χ0v) is 19.3. The number of benzene rings is 2. The molecule has 168 valence electrons. The van der Waals surface area contributed by atoms with Gasteiger partial charge in [-0.2, -0.15) is 0 Å². The third-order valence-electron chi connectivity index (χ3n) is 5.94. The smallest absolute Gasteiger partial charge is 0.321 e. The lowest BCUT2D eigenvalue weighted by atomic mass is 9.68. The molecule has 0 aliphatic carbocycles. The van der Waals surface area contributed by atoms with E-state index in [9.17, 15) is 9.90 Å². The summed E-state index contributed by atoms with van der Waals surface area (Å²) in [6.07, 6.45) is 0.498. The summed E-state index contributed by atoms with van der Waals surface area (Å²) in [5.74, 6) is -3.46. The molecule has 2 aromatic carbocycles. The van der Waals surface area contributed by atoms with Crippen LogP contribution in [-0.2, 0) is 10.3 Å². The maximum absolute atomic E-state index is 15.3. The summed E-state index contributed by atoms with van der Waals surface area (Å²) >= 11 is 12.0. The van der Waals surface area contributed by atoms with Gasteiger partial charge >= 0.3 is 5.97 Å². The van der Waals surface area contributed by atoms with E-state index in [-0.39, 0.29) is 26.6 Å². The molecule has 0 saturated carbocycles. The lowest BCUT2D eigenvalue weighted by molar-refractivity contribution is -0.139. The van der Waals surface area contributed by atoms with Crippen molar-refractivity contribution in [3.05, 3.63) is 69.2 Å². The van der Waals surface area contributed by atoms with Gasteiger partial charge in [0.05, 0.1) is 10.6 Å². The summed E-state index contributed by atoms with van der Waals surface area (Å²) in [4.78, 5) is 12.3. The van der Waals surface area contributed by atoms with Crippen molar-refractivity contribution in [2.24, 2.45) is 5.41 Å². The summed E-state index contributed by atoms with van der Waals surface area (Å²) in [7, 11) is 1.63. The Morgan fingerprint density at radius 1 is 1.23 bits per heavy atom. The van der Waals surface area contributed by atoms with Gasteiger partial charge in [-0.15, -0.1) is 0 Å². The van der Waals surface area contributed by atoms with Gasteiger partial charge in [0, 0.05) is 22.5 Å². The molecule has 0 spiro atoms. The number of aliphatic carboxylic acids is 1. The minimum absolute atomic E-state index is 0.104. The number of halogens is 4. The van der Waals surface area contributed by atoms with Gasteiger partial charge < -0.3 is 10.4 Å². The monoisotopic (exact) mass is 470 g/mol. The predicted octanol–water partition coefficient (Wildman–Crippen LogP) is 5.33. The zero-order chi connectivity index (χ0) is 23.1. The predicted molar refractivity (Wildman–Crippen MR) is 119 cm³/mol. The van der Waals surface area contributed by atoms with Crippen molar-refractivity contribution < 1.29 is 18.7 Å². The summed E-state index contributed by atoms with van der Waals surface area (Å²) in [6.45, 7) is 6.03. The van der Waals surface area contributed by atoms with E-state index < -0.39 is 41.1 Å². The van der Waals surface area contributed by atoms with Crippen molar-refractivity contribution in [3.8, 4) is 0 Å². The highest BCUT2D eigenvalue weighted by Crippen LogP contribution is 2.51. The van der Waals surface area contributed by atoms with Crippen LogP contribution in [0.25, 0.3) is 0 Å². The van der Waals surface area contributed by atoms with Crippen LogP contribution in [0, 0.1) is 17.0 Å². The maximum atomic E-state index is 15.3. The first-order chi connectivity index (χ1) is 14.4. The number of carboxylic acid groups (broad SMARTS) is 1. The first kappa shape index (κ1) is 23.9. The van der Waals surface area contributed by atoms with Gasteiger partial charge in [0.2, 0.25) is 0 Å². The van der Waals surface area contributed by atoms with Crippen LogP contribution in [0.3, 0.4) is 0 Å². The number of carboxylic acids is 1. The van der Waals surface area contributed by atoms with Crippen molar-refractivity contribution in [2.75, 3.05) is 7.05 Å². The van der Waals surface area contributed by atoms with Crippen molar-refractivity contribution in [1.29, 1.82) is 0 Å². The highest BCUT2D eigenvalue weighted by Gasteiger charge is 2.59. The highest BCUT2D eigenvalue weighted by atomic mass is 35.5. The van der Waals surface area contributed by atoms with Gasteiger partial charge in [-0.3, -0.25) is 10.1 Å². The molecule has 2 aromatic rings. The van der Waals surface area contributed by atoms with Crippen molar-refractivity contribution in [2.45, 2.75) is 50.7 Å². The van der Waals surface area contributed by atoms with E-state index >= 15 is 8.78 Å². The highest BCUT2D eigenvalue weighted by molar-refractivity contribution is 6.31. The van der Waals surface area contributed by atoms with E-state index in [2.05, 4.69) is 10.6 Å². The topological polar surface area (TPSA) is 61.4 Å². The Labute approximate surface area is 190 Å². The Morgan fingerprint density at radius 2 is 1.90 bits per heavy atom. The molecule has 1 aliphatic heterocycles. The van der Waals surface area contributed by atoms with Gasteiger partial charge in [-0.05, 0) is 42.6 Å². The van der Waals surface area contributed by atoms with Gasteiger partial charge in [-0.25, -0.2) is 8.78 Å². The zero-order valence-electron chi connectivity index (χ0n) is 17.8. The van der Waals surface area contributed by atoms with Crippen LogP contribution in [0.5, 0.6) is 0 Å². The Bertz CT molecular complexity index is 996. The second-order valence-corrected chi connectivity index (χ2v) is 10.0. The lowest BCUT2D eigenvalue weighted by Gasteiger charge is -2.42. The Kier molecular flexibility index (Phi) is 6.68. The Balaban J connectivity index is 2.36. The van der Waals surface area contributed by atoms with Crippen molar-refractivity contribution in [3.63, 3.8) is 0 Å². The molecular weight excluding hydrogens is 445 g/mol. The summed E-state index contributed by atoms with van der Waals surface area (Å²) < 4.78 is 30.5. The number of nitrogens with one attached hydrogen (secondary N) is 2. The fourth-order valence-corrected chi connectivity index (χ4v) is 5.14. The maximum Gasteiger partial charge on any atom is 0.321 e. The van der Waals surface area contributed by atoms with Crippen molar-refractivity contribution >= 4 is 29.2 Å². The lowest BCUT2D eigenvalue weighted by Crippen LogP contribution is -2.54. The first-order valence-electron chi connectivity index (χ1n) is 9.99. The number of hydrogen-bond acceptors (Lipinski definition) is 3. The molecule has 4 atom stereocenters. The van der Waals surface area contributed by atoms with E-state index in [1.807, 2.05) is 20.8 Å². The van der Waals surface area contributed by atoms with Gasteiger partial charge in [0.1, 0.15) is 17.7 Å². The molecule has 0 unspecified atom stereocenters. The average Bonchev–Trinajstić information content (AvgIpc) is 2.97. The molecule has 0 radical (unpaired) electrons. The molecule has 3 rings (SSSR count). The fourth-order valence-electron chi connectivity index (χ4n) is 4.80. The molecule has 0 amide bonds. The number of rotatable bonds is 5. The summed E-state index contributed by atoms with van der Waals surface area (Å²) in [6, 6.07) is 7.02. The molecule has 1 saturated heterocycles. The van der Waals surface area contributed by atoms with Crippen LogP contribution in [0.1, 0.15) is 44.2 Å². The van der Waals surface area contributed by atoms with Crippen LogP contribution < -0.4 is 10.6 Å². The summed E-state index contributed by atoms with van der Waals surface area (Å²) in [5, 5.41) is 16.5. The van der Waals surface area contributed by atoms with Crippen molar-refractivity contribution in [1.82, 2.24) is 10.6 Å². The molecule has 8 heteroatoms. The standard InChI is InChI=1S/C23H26Cl2F2N2O2/c1-22(2,3)11-17-23(28-4,14-9-8-12(24)10-16(14)26)18(20(29-17)21(30)31)13-6-5-7-15(25)19(13)27/h5-10,17-18,20,28-29H,11H2,1-4H3,(H,30,31)/t17-,18-,20-,23+/m0/s1. The van der Waals surface area contributed by atoms with Crippen LogP contribution in [0.15, 0.2) is 36.4 Å². The second-order valence-electron chi connectivity index (χ2n) is 9.16. The van der Waals surface area contributed by atoms with Crippen LogP contribution in [0.4, 0.5) is 8.78 Å². The fraction of sp³-hybridized carbons (Fsp3) is 0.435. The SMILES string of the molecule is CN[C@]1(c2ccc(Cl)cc2F)[C@H](CC(C)(C)C)N[C@H](C(=O)O)[C@@H]1c1cccc(Cl)c1F. The molecule has 1 fully saturated rings. The molecule has 1 aliphatic rings. The molecule has 31 heavy (non-hydrogen) atoms. The van der Waals surface area contributed by atoms with E-state index in [1.165, 1.54) is 24.3 Å². The molecule has 3 N–H and O–H groups in total. The Morgan fingerprint density at radius 3 is 2.45 bits per heavy atom. The van der Waals surface area contributed by atoms with E-state index in [0.29, 0.717) is 6.42 Å². The minimum Gasteiger partial charge on any atom is -0.480 e. The molecule has 4 nitrogen and oxygen atoms in total. The van der Waals surface area contributed by atoms with Gasteiger partial charge in [-0.1, -0.05) is 62.2 Å². The van der Waals surface area contributed by atoms with E-state index in [0.717, 1.165) is 0 Å². The first-order valence-corrected chi connectivity index (χ1v) is 10.7. The summed E-state index contributed by atoms with van der Waals surface area (Å²) in [5.41, 5.74) is -1.19. The quantitative estimate of drug-likeness (QED) is 0.552. The van der Waals surface area contributed by atoms with E-state index in [1.54, 1.807) is 19.2 Å². The second kappa shape index (κ2) is 8.66. The normalized spacial score (nSPS) is 26.3. The minimum atomic E-state index is -1.28. The Hall–Kier alpha value is -1.73. The van der Waals surface area contributed by atoms with Crippen LogP contribution >= 0.6 is 23.2 Å². The average molecular weight is 471 g/mol. The molecular formula is C23H26Cl2F2N2O2. The number of hydrogen-bond donors (Lipinski definition) is 3. The van der Waals surface area contributed by atoms with Gasteiger partial charge in [0.15, 0.2) is 0 Å². The van der Waals surface area contributed by atoms with Gasteiger partial charge in [0.25, 0.3) is 0 Å². The largest absolute Gasteiger partial charge is 0.480 e. The third-order valence-corrected chi connectivity index (χ3v) is 6.47. The number of likely N-dealkylation sites (N-methyl/N-ethyl adjacent to an activating group) is 1.